The molecule has 0 bridgehead atoms. The van der Waals surface area contributed by atoms with Crippen LogP contribution in [0.4, 0.5) is 5.69 Å². The summed E-state index contributed by atoms with van der Waals surface area (Å²) in [6.07, 6.45) is 15.6. The van der Waals surface area contributed by atoms with Gasteiger partial charge in [-0.25, -0.2) is 4.98 Å². The minimum absolute atomic E-state index is 0.244. The number of aromatic nitrogens is 2. The molecule has 200 valence electrons. The van der Waals surface area contributed by atoms with Gasteiger partial charge in [0.05, 0.1) is 29.1 Å². The molecule has 0 radical (unpaired) electrons. The second kappa shape index (κ2) is 15.9. The second-order valence-corrected chi connectivity index (χ2v) is 9.91. The number of nitrogens with one attached hydrogen (secondary N) is 2. The standard InChI is InChI=1S/C31H43N3O3/c1-3-4-5-6-7-8-9-10-11-12-13-18-23-37-28-22-17-16-21-27(28)33-30(35)24(2)29-32-26-20-15-14-19-25(26)31(36)34-29/h14-17,19-22,24H,3-13,18,23H2,1-2H3,(H,33,35)(H,32,34,36). The molecule has 0 spiro atoms. The quantitative estimate of drug-likeness (QED) is 0.184. The molecule has 0 aliphatic heterocycles. The number of H-pyrrole nitrogens is 1. The van der Waals surface area contributed by atoms with Crippen molar-refractivity contribution in [3.05, 3.63) is 64.7 Å². The average molecular weight is 506 g/mol. The normalized spacial score (nSPS) is 11.9. The zero-order valence-electron chi connectivity index (χ0n) is 22.6. The van der Waals surface area contributed by atoms with E-state index in [-0.39, 0.29) is 11.5 Å². The van der Waals surface area contributed by atoms with Crippen LogP contribution in [0.3, 0.4) is 0 Å². The van der Waals surface area contributed by atoms with Crippen molar-refractivity contribution >= 4 is 22.5 Å². The monoisotopic (exact) mass is 505 g/mol. The maximum Gasteiger partial charge on any atom is 0.258 e. The first-order valence-electron chi connectivity index (χ1n) is 14.1. The molecule has 0 saturated heterocycles. The lowest BCUT2D eigenvalue weighted by molar-refractivity contribution is -0.117. The van der Waals surface area contributed by atoms with E-state index in [2.05, 4.69) is 22.2 Å². The number of benzene rings is 2. The zero-order valence-corrected chi connectivity index (χ0v) is 22.6. The molecule has 0 saturated carbocycles. The number of aromatic amines is 1. The van der Waals surface area contributed by atoms with E-state index in [1.807, 2.05) is 30.3 Å². The van der Waals surface area contributed by atoms with Crippen molar-refractivity contribution in [3.63, 3.8) is 0 Å². The number of carbonyl (C=O) groups is 1. The highest BCUT2D eigenvalue weighted by Crippen LogP contribution is 2.26. The Kier molecular flexibility index (Phi) is 12.2. The number of ether oxygens (including phenoxy) is 1. The van der Waals surface area contributed by atoms with Crippen LogP contribution in [0.1, 0.15) is 103 Å². The minimum atomic E-state index is -0.623. The maximum atomic E-state index is 13.0. The first-order chi connectivity index (χ1) is 18.1. The van der Waals surface area contributed by atoms with Crippen LogP contribution < -0.4 is 15.6 Å². The van der Waals surface area contributed by atoms with Crippen molar-refractivity contribution in [1.82, 2.24) is 9.97 Å². The van der Waals surface area contributed by atoms with Crippen LogP contribution in [0.15, 0.2) is 53.3 Å². The molecule has 1 amide bonds. The second-order valence-electron chi connectivity index (χ2n) is 9.91. The lowest BCUT2D eigenvalue weighted by atomic mass is 10.1. The molecule has 6 heteroatoms. The maximum absolute atomic E-state index is 13.0. The van der Waals surface area contributed by atoms with Crippen LogP contribution >= 0.6 is 0 Å². The minimum Gasteiger partial charge on any atom is -0.491 e. The number of amides is 1. The highest BCUT2D eigenvalue weighted by molar-refractivity contribution is 5.96. The van der Waals surface area contributed by atoms with Crippen LogP contribution in [0, 0.1) is 0 Å². The summed E-state index contributed by atoms with van der Waals surface area (Å²) in [7, 11) is 0. The van der Waals surface area contributed by atoms with Gasteiger partial charge in [-0.3, -0.25) is 9.59 Å². The van der Waals surface area contributed by atoms with Gasteiger partial charge < -0.3 is 15.0 Å². The van der Waals surface area contributed by atoms with Gasteiger partial charge in [0, 0.05) is 0 Å². The number of anilines is 1. The van der Waals surface area contributed by atoms with Crippen molar-refractivity contribution in [2.45, 2.75) is 96.8 Å². The van der Waals surface area contributed by atoms with E-state index in [4.69, 9.17) is 4.74 Å². The molecular weight excluding hydrogens is 462 g/mol. The smallest absolute Gasteiger partial charge is 0.258 e. The van der Waals surface area contributed by atoms with Crippen LogP contribution in [0.5, 0.6) is 5.75 Å². The van der Waals surface area contributed by atoms with Crippen LogP contribution in [0.25, 0.3) is 10.9 Å². The molecule has 1 aromatic heterocycles. The number of nitrogens with zero attached hydrogens (tertiary/aromatic N) is 1. The highest BCUT2D eigenvalue weighted by atomic mass is 16.5. The Morgan fingerprint density at radius 1 is 0.865 bits per heavy atom. The third kappa shape index (κ3) is 9.34. The fraction of sp³-hybridized carbons (Fsp3) is 0.516. The lowest BCUT2D eigenvalue weighted by Crippen LogP contribution is -2.23. The molecule has 37 heavy (non-hydrogen) atoms. The molecular formula is C31H43N3O3. The Balaban J connectivity index is 1.39. The van der Waals surface area contributed by atoms with Crippen LogP contribution in [-0.2, 0) is 4.79 Å². The van der Waals surface area contributed by atoms with Crippen LogP contribution in [-0.4, -0.2) is 22.5 Å². The number of hydrogen-bond acceptors (Lipinski definition) is 4. The highest BCUT2D eigenvalue weighted by Gasteiger charge is 2.20. The Labute approximate surface area is 221 Å². The molecule has 3 aromatic rings. The Morgan fingerprint density at radius 2 is 1.46 bits per heavy atom. The fourth-order valence-corrected chi connectivity index (χ4v) is 4.50. The summed E-state index contributed by atoms with van der Waals surface area (Å²) >= 11 is 0. The van der Waals surface area contributed by atoms with Crippen molar-refractivity contribution in [2.24, 2.45) is 0 Å². The van der Waals surface area contributed by atoms with E-state index in [1.54, 1.807) is 25.1 Å². The third-order valence-electron chi connectivity index (χ3n) is 6.84. The SMILES string of the molecule is CCCCCCCCCCCCCCOc1ccccc1NC(=O)C(C)c1nc2ccccc2c(=O)[nH]1. The third-order valence-corrected chi connectivity index (χ3v) is 6.84. The summed E-state index contributed by atoms with van der Waals surface area (Å²) < 4.78 is 6.00. The van der Waals surface area contributed by atoms with Gasteiger partial charge in [0.25, 0.3) is 5.56 Å². The first kappa shape index (κ1) is 28.4. The predicted molar refractivity (Wildman–Crippen MR) is 152 cm³/mol. The van der Waals surface area contributed by atoms with E-state index in [0.717, 1.165) is 12.8 Å². The molecule has 2 aromatic carbocycles. The van der Waals surface area contributed by atoms with Gasteiger partial charge in [-0.15, -0.1) is 0 Å². The Bertz CT molecular complexity index is 1160. The lowest BCUT2D eigenvalue weighted by Gasteiger charge is -2.15. The van der Waals surface area contributed by atoms with Gasteiger partial charge in [0.15, 0.2) is 0 Å². The topological polar surface area (TPSA) is 84.1 Å². The molecule has 2 N–H and O–H groups in total. The van der Waals surface area contributed by atoms with E-state index in [1.165, 1.54) is 64.2 Å². The van der Waals surface area contributed by atoms with E-state index in [9.17, 15) is 9.59 Å². The number of fused-ring (bicyclic) bond motifs is 1. The van der Waals surface area contributed by atoms with Crippen molar-refractivity contribution in [2.75, 3.05) is 11.9 Å². The van der Waals surface area contributed by atoms with Gasteiger partial charge in [0.2, 0.25) is 5.91 Å². The van der Waals surface area contributed by atoms with Gasteiger partial charge in [-0.2, -0.15) is 0 Å². The molecule has 6 nitrogen and oxygen atoms in total. The van der Waals surface area contributed by atoms with Crippen molar-refractivity contribution in [3.8, 4) is 5.75 Å². The first-order valence-corrected chi connectivity index (χ1v) is 14.1. The summed E-state index contributed by atoms with van der Waals surface area (Å²) in [5.41, 5.74) is 0.958. The summed E-state index contributed by atoms with van der Waals surface area (Å²) in [6.45, 7) is 4.62. The Hall–Kier alpha value is -3.15. The van der Waals surface area contributed by atoms with E-state index >= 15 is 0 Å². The number of hydrogen-bond donors (Lipinski definition) is 2. The average Bonchev–Trinajstić information content (AvgIpc) is 2.91. The van der Waals surface area contributed by atoms with Gasteiger partial charge in [-0.1, -0.05) is 102 Å². The summed E-state index contributed by atoms with van der Waals surface area (Å²) in [4.78, 5) is 32.6. The summed E-state index contributed by atoms with van der Waals surface area (Å²) in [6, 6.07) is 14.6. The molecule has 1 heterocycles. The Morgan fingerprint density at radius 3 is 2.16 bits per heavy atom. The number of para-hydroxylation sites is 3. The van der Waals surface area contributed by atoms with Gasteiger partial charge in [0.1, 0.15) is 11.6 Å². The molecule has 1 unspecified atom stereocenters. The molecule has 3 rings (SSSR count). The predicted octanol–water partition coefficient (Wildman–Crippen LogP) is 7.75. The van der Waals surface area contributed by atoms with Gasteiger partial charge >= 0.3 is 0 Å². The number of carbonyl (C=O) groups excluding carboxylic acids is 1. The number of unbranched alkanes of at least 4 members (excludes halogenated alkanes) is 11. The van der Waals surface area contributed by atoms with E-state index in [0.29, 0.717) is 34.8 Å². The zero-order chi connectivity index (χ0) is 26.3. The molecule has 0 fully saturated rings. The van der Waals surface area contributed by atoms with Crippen molar-refractivity contribution in [1.29, 1.82) is 0 Å². The van der Waals surface area contributed by atoms with Crippen molar-refractivity contribution < 1.29 is 9.53 Å². The molecule has 1 atom stereocenters. The number of rotatable bonds is 17. The van der Waals surface area contributed by atoms with Crippen LogP contribution in [0.2, 0.25) is 0 Å². The fourth-order valence-electron chi connectivity index (χ4n) is 4.50. The molecule has 0 aliphatic rings. The van der Waals surface area contributed by atoms with Gasteiger partial charge in [-0.05, 0) is 37.6 Å². The van der Waals surface area contributed by atoms with E-state index < -0.39 is 5.92 Å². The summed E-state index contributed by atoms with van der Waals surface area (Å²) in [5, 5.41) is 3.46. The molecule has 0 aliphatic carbocycles. The largest absolute Gasteiger partial charge is 0.491 e. The summed E-state index contributed by atoms with van der Waals surface area (Å²) in [5.74, 6) is 0.128.